The maximum atomic E-state index is 13.2. The van der Waals surface area contributed by atoms with Crippen molar-refractivity contribution >= 4 is 23.1 Å². The van der Waals surface area contributed by atoms with Crippen LogP contribution in [0.2, 0.25) is 5.02 Å². The molecule has 0 aliphatic carbocycles. The van der Waals surface area contributed by atoms with Crippen LogP contribution in [0.3, 0.4) is 0 Å². The van der Waals surface area contributed by atoms with Gasteiger partial charge in [-0.2, -0.15) is 5.10 Å². The van der Waals surface area contributed by atoms with E-state index in [0.29, 0.717) is 22.8 Å². The van der Waals surface area contributed by atoms with Crippen LogP contribution >= 0.6 is 11.6 Å². The van der Waals surface area contributed by atoms with Crippen LogP contribution in [0.4, 0.5) is 0 Å². The third kappa shape index (κ3) is 2.86. The molecule has 0 unspecified atom stereocenters. The first-order chi connectivity index (χ1) is 13.7. The summed E-state index contributed by atoms with van der Waals surface area (Å²) in [5, 5.41) is 7.23. The molecule has 2 heterocycles. The summed E-state index contributed by atoms with van der Waals surface area (Å²) in [6.07, 6.45) is -0.110. The minimum absolute atomic E-state index is 0.0877. The fraction of sp³-hybridized carbons (Fsp3) is 0.130. The normalized spacial score (nSPS) is 20.0. The fourth-order valence-corrected chi connectivity index (χ4v) is 3.96. The third-order valence-electron chi connectivity index (χ3n) is 5.14. The van der Waals surface area contributed by atoms with Gasteiger partial charge in [-0.3, -0.25) is 4.79 Å². The summed E-state index contributed by atoms with van der Waals surface area (Å²) in [6, 6.07) is 24.7. The van der Waals surface area contributed by atoms with Crippen LogP contribution in [0, 0.1) is 0 Å². The van der Waals surface area contributed by atoms with Gasteiger partial charge in [0, 0.05) is 22.6 Å². The van der Waals surface area contributed by atoms with Gasteiger partial charge in [0.2, 0.25) is 5.78 Å². The molecule has 5 heteroatoms. The Bertz CT molecular complexity index is 1070. The Hall–Kier alpha value is -3.11. The predicted molar refractivity (Wildman–Crippen MR) is 109 cm³/mol. The number of ketones is 1. The number of fused-ring (bicyclic) bond motifs is 3. The van der Waals surface area contributed by atoms with Gasteiger partial charge in [0.15, 0.2) is 0 Å². The molecule has 4 nitrogen and oxygen atoms in total. The van der Waals surface area contributed by atoms with Gasteiger partial charge < -0.3 is 4.74 Å². The number of carbonyl (C=O) groups excluding carboxylic acids is 1. The van der Waals surface area contributed by atoms with Gasteiger partial charge >= 0.3 is 0 Å². The Morgan fingerprint density at radius 1 is 1.00 bits per heavy atom. The molecule has 0 radical (unpaired) electrons. The molecule has 3 aromatic carbocycles. The molecule has 0 N–H and O–H groups in total. The lowest BCUT2D eigenvalue weighted by molar-refractivity contribution is -0.00455. The molecule has 0 fully saturated rings. The van der Waals surface area contributed by atoms with Crippen molar-refractivity contribution in [1.29, 1.82) is 0 Å². The number of nitrogens with zero attached hydrogens (tertiary/aromatic N) is 2. The summed E-state index contributed by atoms with van der Waals surface area (Å²) in [7, 11) is 0. The van der Waals surface area contributed by atoms with Crippen LogP contribution in [0.25, 0.3) is 0 Å². The number of halogens is 1. The molecule has 0 bridgehead atoms. The Morgan fingerprint density at radius 2 is 1.71 bits per heavy atom. The van der Waals surface area contributed by atoms with E-state index < -0.39 is 6.23 Å². The van der Waals surface area contributed by atoms with Crippen LogP contribution in [0.1, 0.15) is 33.9 Å². The quantitative estimate of drug-likeness (QED) is 0.587. The van der Waals surface area contributed by atoms with Crippen LogP contribution in [-0.2, 0) is 0 Å². The average molecular weight is 389 g/mol. The Labute approximate surface area is 168 Å². The minimum atomic E-state index is -0.803. The number of Topliss-reactive ketones (excluding diaryl/α,β-unsaturated/α-hetero) is 1. The van der Waals surface area contributed by atoms with E-state index in [9.17, 15) is 4.79 Å². The second-order valence-corrected chi connectivity index (χ2v) is 7.33. The molecule has 138 valence electrons. The smallest absolute Gasteiger partial charge is 0.251 e. The van der Waals surface area contributed by atoms with Crippen molar-refractivity contribution in [3.63, 3.8) is 0 Å². The van der Waals surface area contributed by atoms with Gasteiger partial charge in [-0.25, -0.2) is 5.01 Å². The summed E-state index contributed by atoms with van der Waals surface area (Å²) in [5.41, 5.74) is 3.55. The highest BCUT2D eigenvalue weighted by molar-refractivity contribution is 6.30. The van der Waals surface area contributed by atoms with Gasteiger partial charge in [0.05, 0.1) is 11.8 Å². The zero-order valence-electron chi connectivity index (χ0n) is 15.0. The van der Waals surface area contributed by atoms with Crippen molar-refractivity contribution < 1.29 is 9.53 Å². The van der Waals surface area contributed by atoms with Crippen LogP contribution in [0.15, 0.2) is 84.0 Å². The van der Waals surface area contributed by atoms with E-state index >= 15 is 0 Å². The number of hydrazone groups is 1. The second-order valence-electron chi connectivity index (χ2n) is 6.90. The summed E-state index contributed by atoms with van der Waals surface area (Å²) in [4.78, 5) is 13.2. The molecule has 0 saturated heterocycles. The van der Waals surface area contributed by atoms with Gasteiger partial charge in [0.25, 0.3) is 6.23 Å². The molecule has 28 heavy (non-hydrogen) atoms. The molecule has 2 aliphatic heterocycles. The SMILES string of the molecule is O=C(c1ccccc1)[C@H]1Oc2ccc(Cl)cc2[C@H]2CC(c3ccccc3)=NN12. The number of hydrogen-bond acceptors (Lipinski definition) is 4. The Kier molecular flexibility index (Phi) is 4.14. The fourth-order valence-electron chi connectivity index (χ4n) is 3.78. The first-order valence-electron chi connectivity index (χ1n) is 9.17. The second kappa shape index (κ2) is 6.80. The van der Waals surface area contributed by atoms with E-state index in [0.717, 1.165) is 16.8 Å². The van der Waals surface area contributed by atoms with Gasteiger partial charge in [0.1, 0.15) is 5.75 Å². The number of carbonyl (C=O) groups is 1. The van der Waals surface area contributed by atoms with E-state index in [1.807, 2.05) is 60.7 Å². The summed E-state index contributed by atoms with van der Waals surface area (Å²) in [5.74, 6) is 0.578. The summed E-state index contributed by atoms with van der Waals surface area (Å²) < 4.78 is 6.11. The molecule has 2 aliphatic rings. The third-order valence-corrected chi connectivity index (χ3v) is 5.38. The lowest BCUT2D eigenvalue weighted by Crippen LogP contribution is -2.45. The highest BCUT2D eigenvalue weighted by Crippen LogP contribution is 2.44. The highest BCUT2D eigenvalue weighted by Gasteiger charge is 2.43. The standard InChI is InChI=1S/C23H17ClN2O2/c24-17-11-12-21-18(13-17)20-14-19(15-7-3-1-4-8-15)25-26(20)23(28-21)22(27)16-9-5-2-6-10-16/h1-13,20,23H,14H2/t20-,23-/m1/s1. The summed E-state index contributed by atoms with van der Waals surface area (Å²) in [6.45, 7) is 0. The predicted octanol–water partition coefficient (Wildman–Crippen LogP) is 5.09. The molecular formula is C23H17ClN2O2. The van der Waals surface area contributed by atoms with Crippen molar-refractivity contribution in [2.45, 2.75) is 18.7 Å². The van der Waals surface area contributed by atoms with E-state index in [1.165, 1.54) is 0 Å². The van der Waals surface area contributed by atoms with Crippen molar-refractivity contribution in [3.8, 4) is 5.75 Å². The maximum absolute atomic E-state index is 13.2. The molecule has 0 aromatic heterocycles. The molecule has 3 aromatic rings. The Morgan fingerprint density at radius 3 is 2.46 bits per heavy atom. The van der Waals surface area contributed by atoms with Gasteiger partial charge in [-0.05, 0) is 23.8 Å². The van der Waals surface area contributed by atoms with E-state index in [2.05, 4.69) is 0 Å². The molecule has 2 atom stereocenters. The summed E-state index contributed by atoms with van der Waals surface area (Å²) >= 11 is 6.24. The number of ether oxygens (including phenoxy) is 1. The largest absolute Gasteiger partial charge is 0.461 e. The van der Waals surface area contributed by atoms with Crippen LogP contribution in [-0.4, -0.2) is 22.7 Å². The Balaban J connectivity index is 1.59. The van der Waals surface area contributed by atoms with E-state index in [-0.39, 0.29) is 11.8 Å². The zero-order valence-corrected chi connectivity index (χ0v) is 15.7. The number of hydrogen-bond donors (Lipinski definition) is 0. The molecule has 0 saturated carbocycles. The molecule has 0 amide bonds. The first kappa shape index (κ1) is 17.0. The van der Waals surface area contributed by atoms with Gasteiger partial charge in [-0.1, -0.05) is 72.3 Å². The lowest BCUT2D eigenvalue weighted by atomic mass is 9.96. The van der Waals surface area contributed by atoms with Crippen molar-refractivity contribution in [2.24, 2.45) is 5.10 Å². The molecular weight excluding hydrogens is 372 g/mol. The van der Waals surface area contributed by atoms with Crippen LogP contribution in [0.5, 0.6) is 5.75 Å². The average Bonchev–Trinajstić information content (AvgIpc) is 3.20. The molecule has 0 spiro atoms. The molecule has 5 rings (SSSR count). The number of rotatable bonds is 3. The topological polar surface area (TPSA) is 41.9 Å². The lowest BCUT2D eigenvalue weighted by Gasteiger charge is -2.37. The maximum Gasteiger partial charge on any atom is 0.251 e. The number of benzene rings is 3. The van der Waals surface area contributed by atoms with Crippen LogP contribution < -0.4 is 4.74 Å². The first-order valence-corrected chi connectivity index (χ1v) is 9.55. The monoisotopic (exact) mass is 388 g/mol. The van der Waals surface area contributed by atoms with Gasteiger partial charge in [-0.15, -0.1) is 0 Å². The van der Waals surface area contributed by atoms with E-state index in [1.54, 1.807) is 23.2 Å². The van der Waals surface area contributed by atoms with Crippen molar-refractivity contribution in [1.82, 2.24) is 5.01 Å². The van der Waals surface area contributed by atoms with Crippen molar-refractivity contribution in [3.05, 3.63) is 101 Å². The minimum Gasteiger partial charge on any atom is -0.461 e. The zero-order chi connectivity index (χ0) is 19.1. The highest BCUT2D eigenvalue weighted by atomic mass is 35.5. The van der Waals surface area contributed by atoms with Crippen molar-refractivity contribution in [2.75, 3.05) is 0 Å². The van der Waals surface area contributed by atoms with E-state index in [4.69, 9.17) is 21.4 Å².